The molecule has 1 aromatic heterocycles. The first kappa shape index (κ1) is 19.9. The highest BCUT2D eigenvalue weighted by Crippen LogP contribution is 2.29. The van der Waals surface area contributed by atoms with Gasteiger partial charge in [0.25, 0.3) is 0 Å². The molecule has 0 bridgehead atoms. The quantitative estimate of drug-likeness (QED) is 0.575. The van der Waals surface area contributed by atoms with Gasteiger partial charge in [-0.2, -0.15) is 0 Å². The zero-order valence-electron chi connectivity index (χ0n) is 15.4. The van der Waals surface area contributed by atoms with E-state index in [4.69, 9.17) is 16.3 Å². The maximum absolute atomic E-state index is 13.4. The van der Waals surface area contributed by atoms with Crippen LogP contribution in [0.5, 0.6) is 0 Å². The molecule has 29 heavy (non-hydrogen) atoms. The molecule has 0 unspecified atom stereocenters. The standard InChI is InChI=1S/C20H18ClFN4O2S/c21-15-3-1-14(2-4-15)19-23-24-20(26(19)17-7-5-16(22)6-8-17)29-13-18(27)25-9-11-28-12-10-25/h1-8H,9-13H2. The SMILES string of the molecule is O=C(CSc1nnc(-c2ccc(Cl)cc2)n1-c1ccc(F)cc1)N1CCOCC1. The molecule has 1 aliphatic rings. The first-order valence-electron chi connectivity index (χ1n) is 9.07. The van der Waals surface area contributed by atoms with E-state index in [-0.39, 0.29) is 17.5 Å². The maximum Gasteiger partial charge on any atom is 0.233 e. The monoisotopic (exact) mass is 432 g/mol. The Bertz CT molecular complexity index is 989. The number of aromatic nitrogens is 3. The Labute approximate surface area is 176 Å². The summed E-state index contributed by atoms with van der Waals surface area (Å²) in [4.78, 5) is 14.3. The largest absolute Gasteiger partial charge is 0.378 e. The first-order chi connectivity index (χ1) is 14.1. The van der Waals surface area contributed by atoms with Crippen LogP contribution in [0.3, 0.4) is 0 Å². The van der Waals surface area contributed by atoms with Crippen molar-refractivity contribution in [2.45, 2.75) is 5.16 Å². The molecule has 0 radical (unpaired) electrons. The minimum absolute atomic E-state index is 0.0278. The fourth-order valence-corrected chi connectivity index (χ4v) is 3.98. The number of carbonyl (C=O) groups is 1. The van der Waals surface area contributed by atoms with Gasteiger partial charge >= 0.3 is 0 Å². The Morgan fingerprint density at radius 2 is 1.76 bits per heavy atom. The topological polar surface area (TPSA) is 60.2 Å². The van der Waals surface area contributed by atoms with E-state index in [9.17, 15) is 9.18 Å². The summed E-state index contributed by atoms with van der Waals surface area (Å²) in [7, 11) is 0. The lowest BCUT2D eigenvalue weighted by Crippen LogP contribution is -2.41. The van der Waals surface area contributed by atoms with Crippen molar-refractivity contribution in [1.82, 2.24) is 19.7 Å². The molecular weight excluding hydrogens is 415 g/mol. The molecule has 0 spiro atoms. The number of ether oxygens (including phenoxy) is 1. The van der Waals surface area contributed by atoms with Crippen molar-refractivity contribution in [2.24, 2.45) is 0 Å². The van der Waals surface area contributed by atoms with Gasteiger partial charge in [0.1, 0.15) is 5.82 Å². The maximum atomic E-state index is 13.4. The van der Waals surface area contributed by atoms with Gasteiger partial charge in [0.2, 0.25) is 5.91 Å². The summed E-state index contributed by atoms with van der Waals surface area (Å²) in [6.07, 6.45) is 0. The van der Waals surface area contributed by atoms with Crippen molar-refractivity contribution >= 4 is 29.3 Å². The lowest BCUT2D eigenvalue weighted by Gasteiger charge is -2.26. The second kappa shape index (κ2) is 8.94. The van der Waals surface area contributed by atoms with Gasteiger partial charge in [0.05, 0.1) is 19.0 Å². The molecule has 9 heteroatoms. The molecule has 3 aromatic rings. The number of thioether (sulfide) groups is 1. The normalized spacial score (nSPS) is 14.2. The molecule has 150 valence electrons. The smallest absolute Gasteiger partial charge is 0.233 e. The molecule has 0 N–H and O–H groups in total. The predicted molar refractivity (Wildman–Crippen MR) is 110 cm³/mol. The molecule has 4 rings (SSSR count). The third-order valence-electron chi connectivity index (χ3n) is 4.51. The van der Waals surface area contributed by atoms with Gasteiger partial charge < -0.3 is 9.64 Å². The number of hydrogen-bond acceptors (Lipinski definition) is 5. The van der Waals surface area contributed by atoms with Gasteiger partial charge in [-0.15, -0.1) is 10.2 Å². The number of rotatable bonds is 5. The van der Waals surface area contributed by atoms with Gasteiger partial charge in [-0.05, 0) is 48.5 Å². The number of hydrogen-bond donors (Lipinski definition) is 0. The Morgan fingerprint density at radius 3 is 2.45 bits per heavy atom. The van der Waals surface area contributed by atoms with Crippen molar-refractivity contribution in [3.05, 3.63) is 59.4 Å². The zero-order chi connectivity index (χ0) is 20.2. The molecular formula is C20H18ClFN4O2S. The molecule has 1 aliphatic heterocycles. The van der Waals surface area contributed by atoms with E-state index >= 15 is 0 Å². The third-order valence-corrected chi connectivity index (χ3v) is 5.67. The predicted octanol–water partition coefficient (Wildman–Crippen LogP) is 3.68. The molecule has 0 aliphatic carbocycles. The number of halogens is 2. The fourth-order valence-electron chi connectivity index (χ4n) is 3.00. The zero-order valence-corrected chi connectivity index (χ0v) is 17.0. The van der Waals surface area contributed by atoms with E-state index in [1.54, 1.807) is 29.2 Å². The lowest BCUT2D eigenvalue weighted by atomic mass is 10.2. The Balaban J connectivity index is 1.63. The van der Waals surface area contributed by atoms with Crippen LogP contribution in [0.1, 0.15) is 0 Å². The van der Waals surface area contributed by atoms with Crippen molar-refractivity contribution in [3.8, 4) is 17.1 Å². The van der Waals surface area contributed by atoms with E-state index in [0.717, 1.165) is 5.56 Å². The summed E-state index contributed by atoms with van der Waals surface area (Å²) < 4.78 is 20.5. The van der Waals surface area contributed by atoms with Crippen LogP contribution in [0.2, 0.25) is 5.02 Å². The van der Waals surface area contributed by atoms with Crippen LogP contribution in [-0.2, 0) is 9.53 Å². The minimum Gasteiger partial charge on any atom is -0.378 e. The molecule has 1 saturated heterocycles. The lowest BCUT2D eigenvalue weighted by molar-refractivity contribution is -0.132. The molecule has 0 atom stereocenters. The van der Waals surface area contributed by atoms with Crippen LogP contribution in [0.4, 0.5) is 4.39 Å². The number of nitrogens with zero attached hydrogens (tertiary/aromatic N) is 4. The summed E-state index contributed by atoms with van der Waals surface area (Å²) in [5.41, 5.74) is 1.53. The summed E-state index contributed by atoms with van der Waals surface area (Å²) in [6.45, 7) is 2.31. The summed E-state index contributed by atoms with van der Waals surface area (Å²) in [5.74, 6) is 0.529. The van der Waals surface area contributed by atoms with Crippen LogP contribution in [0.15, 0.2) is 53.7 Å². The van der Waals surface area contributed by atoms with Crippen molar-refractivity contribution < 1.29 is 13.9 Å². The van der Waals surface area contributed by atoms with E-state index in [2.05, 4.69) is 10.2 Å². The average molecular weight is 433 g/mol. The Kier molecular flexibility index (Phi) is 6.13. The van der Waals surface area contributed by atoms with Crippen LogP contribution >= 0.6 is 23.4 Å². The van der Waals surface area contributed by atoms with Crippen molar-refractivity contribution in [2.75, 3.05) is 32.1 Å². The molecule has 0 saturated carbocycles. The van der Waals surface area contributed by atoms with Crippen LogP contribution in [0, 0.1) is 5.82 Å². The summed E-state index contributed by atoms with van der Waals surface area (Å²) >= 11 is 7.30. The van der Waals surface area contributed by atoms with Gasteiger partial charge in [0.15, 0.2) is 11.0 Å². The van der Waals surface area contributed by atoms with Crippen LogP contribution < -0.4 is 0 Å². The highest BCUT2D eigenvalue weighted by Gasteiger charge is 2.21. The van der Waals surface area contributed by atoms with Gasteiger partial charge in [-0.1, -0.05) is 23.4 Å². The molecule has 1 amide bonds. The highest BCUT2D eigenvalue weighted by molar-refractivity contribution is 7.99. The number of morpholine rings is 1. The Hall–Kier alpha value is -2.42. The summed E-state index contributed by atoms with van der Waals surface area (Å²) in [6, 6.07) is 13.3. The second-order valence-corrected chi connectivity index (χ2v) is 7.79. The van der Waals surface area contributed by atoms with E-state index in [1.807, 2.05) is 16.7 Å². The van der Waals surface area contributed by atoms with E-state index in [1.165, 1.54) is 23.9 Å². The van der Waals surface area contributed by atoms with Gasteiger partial charge in [-0.3, -0.25) is 9.36 Å². The number of amides is 1. The molecule has 6 nitrogen and oxygen atoms in total. The van der Waals surface area contributed by atoms with E-state index in [0.29, 0.717) is 48.0 Å². The first-order valence-corrected chi connectivity index (χ1v) is 10.4. The Morgan fingerprint density at radius 1 is 1.07 bits per heavy atom. The number of benzene rings is 2. The molecule has 1 fully saturated rings. The average Bonchev–Trinajstić information content (AvgIpc) is 3.17. The fraction of sp³-hybridized carbons (Fsp3) is 0.250. The van der Waals surface area contributed by atoms with Gasteiger partial charge in [-0.25, -0.2) is 4.39 Å². The van der Waals surface area contributed by atoms with Crippen LogP contribution in [0.25, 0.3) is 17.1 Å². The molecule has 2 aromatic carbocycles. The number of carbonyl (C=O) groups excluding carboxylic acids is 1. The summed E-state index contributed by atoms with van der Waals surface area (Å²) in [5, 5.41) is 9.78. The third kappa shape index (κ3) is 4.60. The van der Waals surface area contributed by atoms with Crippen molar-refractivity contribution in [1.29, 1.82) is 0 Å². The van der Waals surface area contributed by atoms with Crippen molar-refractivity contribution in [3.63, 3.8) is 0 Å². The second-order valence-electron chi connectivity index (χ2n) is 6.41. The van der Waals surface area contributed by atoms with Crippen LogP contribution in [-0.4, -0.2) is 57.6 Å². The van der Waals surface area contributed by atoms with E-state index < -0.39 is 0 Å². The minimum atomic E-state index is -0.327. The molecule has 2 heterocycles. The van der Waals surface area contributed by atoms with Gasteiger partial charge in [0, 0.05) is 29.4 Å². The highest BCUT2D eigenvalue weighted by atomic mass is 35.5.